The number of rotatable bonds is 8. The standard InChI is InChI=1S/C22H34N4O3/c1-22(2,3)19(21(29)26-12-7-10-18(26)15-27)24-17-9-6-8-16(14-17)20(28)23-11-13-25(4)5/h6,8-9,14-15,18-19,24H,7,10-13H2,1-5H3,(H,23,28). The SMILES string of the molecule is CN(C)CCNC(=O)c1cccc(NC(C(=O)N2CCCC2C=O)C(C)(C)C)c1. The summed E-state index contributed by atoms with van der Waals surface area (Å²) in [4.78, 5) is 40.6. The molecule has 2 unspecified atom stereocenters. The number of nitrogens with zero attached hydrogens (tertiary/aromatic N) is 2. The maximum Gasteiger partial charge on any atom is 0.251 e. The number of anilines is 1. The second-order valence-electron chi connectivity index (χ2n) is 8.96. The van der Waals surface area contributed by atoms with Crippen molar-refractivity contribution in [3.63, 3.8) is 0 Å². The summed E-state index contributed by atoms with van der Waals surface area (Å²) in [5.41, 5.74) is 0.887. The molecule has 1 heterocycles. The predicted molar refractivity (Wildman–Crippen MR) is 115 cm³/mol. The van der Waals surface area contributed by atoms with Gasteiger partial charge in [0, 0.05) is 30.9 Å². The van der Waals surface area contributed by atoms with Crippen LogP contribution < -0.4 is 10.6 Å². The van der Waals surface area contributed by atoms with E-state index in [0.717, 1.165) is 19.3 Å². The molecule has 7 nitrogen and oxygen atoms in total. The highest BCUT2D eigenvalue weighted by molar-refractivity contribution is 5.95. The second-order valence-corrected chi connectivity index (χ2v) is 8.96. The molecule has 0 aliphatic carbocycles. The number of hydrogen-bond donors (Lipinski definition) is 2. The van der Waals surface area contributed by atoms with Crippen LogP contribution in [0.5, 0.6) is 0 Å². The average Bonchev–Trinajstić information content (AvgIpc) is 3.13. The smallest absolute Gasteiger partial charge is 0.251 e. The lowest BCUT2D eigenvalue weighted by atomic mass is 9.85. The molecule has 29 heavy (non-hydrogen) atoms. The third-order valence-electron chi connectivity index (χ3n) is 5.13. The van der Waals surface area contributed by atoms with Crippen LogP contribution in [0.1, 0.15) is 44.0 Å². The van der Waals surface area contributed by atoms with Crippen molar-refractivity contribution in [2.24, 2.45) is 5.41 Å². The van der Waals surface area contributed by atoms with Crippen LogP contribution in [0.15, 0.2) is 24.3 Å². The first-order valence-corrected chi connectivity index (χ1v) is 10.2. The maximum absolute atomic E-state index is 13.2. The lowest BCUT2D eigenvalue weighted by Gasteiger charge is -2.35. The van der Waals surface area contributed by atoms with Gasteiger partial charge in [-0.25, -0.2) is 0 Å². The van der Waals surface area contributed by atoms with E-state index in [0.29, 0.717) is 30.8 Å². The first kappa shape index (κ1) is 22.9. The molecular formula is C22H34N4O3. The van der Waals surface area contributed by atoms with Gasteiger partial charge in [0.2, 0.25) is 5.91 Å². The van der Waals surface area contributed by atoms with Gasteiger partial charge in [0.1, 0.15) is 12.3 Å². The van der Waals surface area contributed by atoms with Gasteiger partial charge in [-0.15, -0.1) is 0 Å². The Kier molecular flexibility index (Phi) is 7.79. The van der Waals surface area contributed by atoms with Gasteiger partial charge in [0.25, 0.3) is 5.91 Å². The fourth-order valence-corrected chi connectivity index (χ4v) is 3.43. The molecule has 2 rings (SSSR count). The third-order valence-corrected chi connectivity index (χ3v) is 5.13. The largest absolute Gasteiger partial charge is 0.373 e. The molecule has 1 aromatic rings. The van der Waals surface area contributed by atoms with Crippen molar-refractivity contribution in [2.45, 2.75) is 45.7 Å². The molecule has 1 aliphatic rings. The van der Waals surface area contributed by atoms with Gasteiger partial charge < -0.3 is 25.2 Å². The molecular weight excluding hydrogens is 368 g/mol. The number of carbonyl (C=O) groups excluding carboxylic acids is 3. The van der Waals surface area contributed by atoms with Gasteiger partial charge in [-0.1, -0.05) is 26.8 Å². The molecule has 1 saturated heterocycles. The minimum atomic E-state index is -0.505. The van der Waals surface area contributed by atoms with E-state index in [1.54, 1.807) is 23.1 Å². The minimum absolute atomic E-state index is 0.0760. The Morgan fingerprint density at radius 3 is 2.66 bits per heavy atom. The van der Waals surface area contributed by atoms with Crippen molar-refractivity contribution in [3.8, 4) is 0 Å². The molecule has 0 bridgehead atoms. The number of likely N-dealkylation sites (tertiary alicyclic amines) is 1. The molecule has 0 radical (unpaired) electrons. The average molecular weight is 403 g/mol. The predicted octanol–water partition coefficient (Wildman–Crippen LogP) is 1.99. The van der Waals surface area contributed by atoms with Crippen LogP contribution in [0, 0.1) is 5.41 Å². The lowest BCUT2D eigenvalue weighted by molar-refractivity contribution is -0.137. The first-order valence-electron chi connectivity index (χ1n) is 10.2. The van der Waals surface area contributed by atoms with E-state index in [2.05, 4.69) is 10.6 Å². The Morgan fingerprint density at radius 1 is 1.31 bits per heavy atom. The van der Waals surface area contributed by atoms with Crippen LogP contribution in [0.3, 0.4) is 0 Å². The van der Waals surface area contributed by atoms with Gasteiger partial charge in [-0.05, 0) is 50.6 Å². The van der Waals surface area contributed by atoms with Gasteiger partial charge in [-0.2, -0.15) is 0 Å². The highest BCUT2D eigenvalue weighted by atomic mass is 16.2. The number of carbonyl (C=O) groups is 3. The van der Waals surface area contributed by atoms with Crippen molar-refractivity contribution in [1.82, 2.24) is 15.1 Å². The van der Waals surface area contributed by atoms with E-state index in [1.165, 1.54) is 0 Å². The number of hydrogen-bond acceptors (Lipinski definition) is 5. The fourth-order valence-electron chi connectivity index (χ4n) is 3.43. The van der Waals surface area contributed by atoms with Crippen molar-refractivity contribution < 1.29 is 14.4 Å². The molecule has 0 saturated carbocycles. The summed E-state index contributed by atoms with van der Waals surface area (Å²) in [6.07, 6.45) is 2.42. The normalized spacial score (nSPS) is 17.9. The number of likely N-dealkylation sites (N-methyl/N-ethyl adjacent to an activating group) is 1. The molecule has 160 valence electrons. The van der Waals surface area contributed by atoms with E-state index in [4.69, 9.17) is 0 Å². The van der Waals surface area contributed by atoms with Gasteiger partial charge in [-0.3, -0.25) is 9.59 Å². The Balaban J connectivity index is 2.14. The van der Waals surface area contributed by atoms with Crippen LogP contribution in [0.4, 0.5) is 5.69 Å². The quantitative estimate of drug-likeness (QED) is 0.650. The molecule has 1 aliphatic heterocycles. The van der Waals surface area contributed by atoms with Gasteiger partial charge in [0.05, 0.1) is 6.04 Å². The van der Waals surface area contributed by atoms with Crippen molar-refractivity contribution >= 4 is 23.8 Å². The Bertz CT molecular complexity index is 727. The molecule has 2 N–H and O–H groups in total. The maximum atomic E-state index is 13.2. The summed E-state index contributed by atoms with van der Waals surface area (Å²) >= 11 is 0. The molecule has 7 heteroatoms. The molecule has 1 fully saturated rings. The Morgan fingerprint density at radius 2 is 2.03 bits per heavy atom. The summed E-state index contributed by atoms with van der Waals surface area (Å²) < 4.78 is 0. The van der Waals surface area contributed by atoms with E-state index in [-0.39, 0.29) is 23.3 Å². The Labute approximate surface area is 173 Å². The van der Waals surface area contributed by atoms with Gasteiger partial charge in [0.15, 0.2) is 0 Å². The van der Waals surface area contributed by atoms with E-state index >= 15 is 0 Å². The molecule has 2 amide bonds. The minimum Gasteiger partial charge on any atom is -0.373 e. The molecule has 0 aromatic heterocycles. The van der Waals surface area contributed by atoms with E-state index < -0.39 is 6.04 Å². The van der Waals surface area contributed by atoms with Gasteiger partial charge >= 0.3 is 0 Å². The van der Waals surface area contributed by atoms with Crippen LogP contribution in [-0.4, -0.2) is 73.7 Å². The van der Waals surface area contributed by atoms with E-state index in [1.807, 2.05) is 45.8 Å². The van der Waals surface area contributed by atoms with Crippen molar-refractivity contribution in [1.29, 1.82) is 0 Å². The number of amides is 2. The fraction of sp³-hybridized carbons (Fsp3) is 0.591. The van der Waals surface area contributed by atoms with Crippen LogP contribution >= 0.6 is 0 Å². The van der Waals surface area contributed by atoms with E-state index in [9.17, 15) is 14.4 Å². The second kappa shape index (κ2) is 9.87. The summed E-state index contributed by atoms with van der Waals surface area (Å²) in [6.45, 7) is 7.91. The summed E-state index contributed by atoms with van der Waals surface area (Å²) in [7, 11) is 3.91. The highest BCUT2D eigenvalue weighted by Gasteiger charge is 2.38. The Hall–Kier alpha value is -2.41. The van der Waals surface area contributed by atoms with Crippen LogP contribution in [0.25, 0.3) is 0 Å². The molecule has 0 spiro atoms. The summed E-state index contributed by atoms with van der Waals surface area (Å²) in [6, 6.07) is 6.32. The number of benzene rings is 1. The molecule has 1 aromatic carbocycles. The topological polar surface area (TPSA) is 81.8 Å². The number of aldehydes is 1. The van der Waals surface area contributed by atoms with Crippen LogP contribution in [0.2, 0.25) is 0 Å². The van der Waals surface area contributed by atoms with Crippen LogP contribution in [-0.2, 0) is 9.59 Å². The zero-order valence-corrected chi connectivity index (χ0v) is 18.2. The molecule has 2 atom stereocenters. The van der Waals surface area contributed by atoms with Crippen molar-refractivity contribution in [3.05, 3.63) is 29.8 Å². The highest BCUT2D eigenvalue weighted by Crippen LogP contribution is 2.28. The summed E-state index contributed by atoms with van der Waals surface area (Å²) in [5.74, 6) is -0.220. The monoisotopic (exact) mass is 402 g/mol. The number of nitrogens with one attached hydrogen (secondary N) is 2. The summed E-state index contributed by atoms with van der Waals surface area (Å²) in [5, 5.41) is 6.21. The van der Waals surface area contributed by atoms with Crippen molar-refractivity contribution in [2.75, 3.05) is 39.0 Å². The lowest BCUT2D eigenvalue weighted by Crippen LogP contribution is -2.51. The first-order chi connectivity index (χ1) is 13.6. The zero-order chi connectivity index (χ0) is 21.6. The zero-order valence-electron chi connectivity index (χ0n) is 18.2. The third kappa shape index (κ3) is 6.29.